The highest BCUT2D eigenvalue weighted by Crippen LogP contribution is 2.27. The average molecular weight is 359 g/mol. The van der Waals surface area contributed by atoms with Crippen molar-refractivity contribution in [1.82, 2.24) is 9.55 Å². The first-order valence-electron chi connectivity index (χ1n) is 8.01. The lowest BCUT2D eigenvalue weighted by molar-refractivity contribution is 0.415. The van der Waals surface area contributed by atoms with E-state index in [4.69, 9.17) is 4.74 Å². The van der Waals surface area contributed by atoms with Gasteiger partial charge in [0.1, 0.15) is 16.3 Å². The van der Waals surface area contributed by atoms with E-state index in [0.29, 0.717) is 34.9 Å². The SMILES string of the molecule is COc1ccc(NS(=O)(=O)c2cn(CC(C)C)c3ncccc23)cc1. The van der Waals surface area contributed by atoms with E-state index in [9.17, 15) is 8.42 Å². The largest absolute Gasteiger partial charge is 0.497 e. The molecule has 0 fully saturated rings. The highest BCUT2D eigenvalue weighted by molar-refractivity contribution is 7.93. The van der Waals surface area contributed by atoms with Crippen LogP contribution in [0.15, 0.2) is 53.7 Å². The van der Waals surface area contributed by atoms with Gasteiger partial charge in [-0.05, 0) is 42.3 Å². The minimum absolute atomic E-state index is 0.229. The quantitative estimate of drug-likeness (QED) is 0.731. The van der Waals surface area contributed by atoms with Crippen molar-refractivity contribution < 1.29 is 13.2 Å². The van der Waals surface area contributed by atoms with Gasteiger partial charge in [0.05, 0.1) is 7.11 Å². The van der Waals surface area contributed by atoms with Gasteiger partial charge in [0.15, 0.2) is 0 Å². The zero-order chi connectivity index (χ0) is 18.0. The molecule has 0 saturated heterocycles. The molecular formula is C18H21N3O3S. The molecule has 7 heteroatoms. The first-order chi connectivity index (χ1) is 11.9. The Labute approximate surface area is 147 Å². The second-order valence-corrected chi connectivity index (χ2v) is 7.90. The smallest absolute Gasteiger partial charge is 0.264 e. The number of nitrogens with one attached hydrogen (secondary N) is 1. The molecule has 25 heavy (non-hydrogen) atoms. The van der Waals surface area contributed by atoms with Crippen molar-refractivity contribution in [1.29, 1.82) is 0 Å². The lowest BCUT2D eigenvalue weighted by Crippen LogP contribution is -2.12. The van der Waals surface area contributed by atoms with E-state index in [-0.39, 0.29) is 4.90 Å². The minimum Gasteiger partial charge on any atom is -0.497 e. The molecule has 132 valence electrons. The Morgan fingerprint density at radius 2 is 1.92 bits per heavy atom. The van der Waals surface area contributed by atoms with Gasteiger partial charge in [-0.2, -0.15) is 0 Å². The lowest BCUT2D eigenvalue weighted by Gasteiger charge is -2.08. The second kappa shape index (κ2) is 6.76. The maximum Gasteiger partial charge on any atom is 0.264 e. The summed E-state index contributed by atoms with van der Waals surface area (Å²) in [4.78, 5) is 4.58. The molecule has 0 aliphatic rings. The molecular weight excluding hydrogens is 338 g/mol. The predicted molar refractivity (Wildman–Crippen MR) is 98.4 cm³/mol. The van der Waals surface area contributed by atoms with Crippen molar-refractivity contribution in [3.63, 3.8) is 0 Å². The van der Waals surface area contributed by atoms with Gasteiger partial charge in [-0.25, -0.2) is 13.4 Å². The first-order valence-corrected chi connectivity index (χ1v) is 9.50. The molecule has 0 unspecified atom stereocenters. The van der Waals surface area contributed by atoms with Crippen molar-refractivity contribution in [3.8, 4) is 5.75 Å². The van der Waals surface area contributed by atoms with Crippen molar-refractivity contribution in [2.75, 3.05) is 11.8 Å². The molecule has 3 aromatic rings. The van der Waals surface area contributed by atoms with Gasteiger partial charge in [-0.1, -0.05) is 13.8 Å². The maximum atomic E-state index is 12.9. The number of fused-ring (bicyclic) bond motifs is 1. The molecule has 2 heterocycles. The fraction of sp³-hybridized carbons (Fsp3) is 0.278. The summed E-state index contributed by atoms with van der Waals surface area (Å²) in [6.07, 6.45) is 3.33. The summed E-state index contributed by atoms with van der Waals surface area (Å²) in [6.45, 7) is 4.86. The Kier molecular flexibility index (Phi) is 4.67. The van der Waals surface area contributed by atoms with E-state index in [1.165, 1.54) is 0 Å². The van der Waals surface area contributed by atoms with Crippen LogP contribution in [0.1, 0.15) is 13.8 Å². The number of hydrogen-bond acceptors (Lipinski definition) is 4. The Morgan fingerprint density at radius 1 is 1.20 bits per heavy atom. The van der Waals surface area contributed by atoms with Crippen LogP contribution in [0.5, 0.6) is 5.75 Å². The van der Waals surface area contributed by atoms with Crippen LogP contribution >= 0.6 is 0 Å². The third-order valence-corrected chi connectivity index (χ3v) is 5.20. The van der Waals surface area contributed by atoms with Crippen molar-refractivity contribution in [2.24, 2.45) is 5.92 Å². The van der Waals surface area contributed by atoms with Gasteiger partial charge in [0, 0.05) is 30.0 Å². The van der Waals surface area contributed by atoms with E-state index >= 15 is 0 Å². The molecule has 1 aromatic carbocycles. The number of pyridine rings is 1. The summed E-state index contributed by atoms with van der Waals surface area (Å²) in [6, 6.07) is 10.3. The lowest BCUT2D eigenvalue weighted by atomic mass is 10.2. The van der Waals surface area contributed by atoms with E-state index in [1.807, 2.05) is 4.57 Å². The van der Waals surface area contributed by atoms with Gasteiger partial charge < -0.3 is 9.30 Å². The molecule has 0 aliphatic carbocycles. The fourth-order valence-corrected chi connectivity index (χ4v) is 3.98. The zero-order valence-corrected chi connectivity index (χ0v) is 15.2. The molecule has 0 spiro atoms. The molecule has 3 rings (SSSR count). The normalized spacial score (nSPS) is 11.8. The number of methoxy groups -OCH3 is 1. The number of benzene rings is 1. The third kappa shape index (κ3) is 3.61. The molecule has 1 N–H and O–H groups in total. The number of ether oxygens (including phenoxy) is 1. The molecule has 0 saturated carbocycles. The fourth-order valence-electron chi connectivity index (χ4n) is 2.71. The maximum absolute atomic E-state index is 12.9. The number of rotatable bonds is 6. The monoisotopic (exact) mass is 359 g/mol. The molecule has 0 bridgehead atoms. The third-order valence-electron chi connectivity index (χ3n) is 3.79. The zero-order valence-electron chi connectivity index (χ0n) is 14.4. The molecule has 0 atom stereocenters. The van der Waals surface area contributed by atoms with Gasteiger partial charge in [0.25, 0.3) is 10.0 Å². The molecule has 0 amide bonds. The van der Waals surface area contributed by atoms with Crippen molar-refractivity contribution >= 4 is 26.7 Å². The molecule has 2 aromatic heterocycles. The van der Waals surface area contributed by atoms with Crippen molar-refractivity contribution in [2.45, 2.75) is 25.3 Å². The second-order valence-electron chi connectivity index (χ2n) is 6.25. The Hall–Kier alpha value is -2.54. The van der Waals surface area contributed by atoms with Gasteiger partial charge in [0.2, 0.25) is 0 Å². The molecule has 6 nitrogen and oxygen atoms in total. The highest BCUT2D eigenvalue weighted by atomic mass is 32.2. The van der Waals surface area contributed by atoms with Crippen LogP contribution < -0.4 is 9.46 Å². The summed E-state index contributed by atoms with van der Waals surface area (Å²) < 4.78 is 35.4. The highest BCUT2D eigenvalue weighted by Gasteiger charge is 2.22. The standard InChI is InChI=1S/C18H21N3O3S/c1-13(2)11-21-12-17(16-5-4-10-19-18(16)21)25(22,23)20-14-6-8-15(24-3)9-7-14/h4-10,12-13,20H,11H2,1-3H3. The number of nitrogens with zero attached hydrogens (tertiary/aromatic N) is 2. The van der Waals surface area contributed by atoms with E-state index < -0.39 is 10.0 Å². The molecule has 0 radical (unpaired) electrons. The number of anilines is 1. The average Bonchev–Trinajstić information content (AvgIpc) is 2.94. The van der Waals surface area contributed by atoms with E-state index in [1.54, 1.807) is 55.9 Å². The van der Waals surface area contributed by atoms with Gasteiger partial charge in [-0.15, -0.1) is 0 Å². The van der Waals surface area contributed by atoms with Crippen LogP contribution in [-0.4, -0.2) is 25.1 Å². The Morgan fingerprint density at radius 3 is 2.56 bits per heavy atom. The topological polar surface area (TPSA) is 73.2 Å². The summed E-state index contributed by atoms with van der Waals surface area (Å²) in [5.74, 6) is 1.04. The van der Waals surface area contributed by atoms with E-state index in [2.05, 4.69) is 23.6 Å². The summed E-state index contributed by atoms with van der Waals surface area (Å²) in [5.41, 5.74) is 1.15. The number of aromatic nitrogens is 2. The van der Waals surface area contributed by atoms with Crippen LogP contribution in [0.2, 0.25) is 0 Å². The van der Waals surface area contributed by atoms with E-state index in [0.717, 1.165) is 0 Å². The van der Waals surface area contributed by atoms with Crippen LogP contribution in [0.25, 0.3) is 11.0 Å². The summed E-state index contributed by atoms with van der Waals surface area (Å²) in [5, 5.41) is 0.615. The number of sulfonamides is 1. The Bertz CT molecular complexity index is 976. The van der Waals surface area contributed by atoms with Crippen LogP contribution in [-0.2, 0) is 16.6 Å². The van der Waals surface area contributed by atoms with Crippen LogP contribution in [0, 0.1) is 5.92 Å². The molecule has 0 aliphatic heterocycles. The Balaban J connectivity index is 2.01. The summed E-state index contributed by atoms with van der Waals surface area (Å²) in [7, 11) is -2.16. The van der Waals surface area contributed by atoms with Crippen LogP contribution in [0.4, 0.5) is 5.69 Å². The van der Waals surface area contributed by atoms with Gasteiger partial charge >= 0.3 is 0 Å². The minimum atomic E-state index is -3.73. The predicted octanol–water partition coefficient (Wildman–Crippen LogP) is 3.50. The number of hydrogen-bond donors (Lipinski definition) is 1. The first kappa shape index (κ1) is 17.3. The van der Waals surface area contributed by atoms with Gasteiger partial charge in [-0.3, -0.25) is 4.72 Å². The van der Waals surface area contributed by atoms with Crippen molar-refractivity contribution in [3.05, 3.63) is 48.8 Å². The summed E-state index contributed by atoms with van der Waals surface area (Å²) >= 11 is 0. The van der Waals surface area contributed by atoms with Crippen LogP contribution in [0.3, 0.4) is 0 Å².